The summed E-state index contributed by atoms with van der Waals surface area (Å²) < 4.78 is 0. The lowest BCUT2D eigenvalue weighted by Crippen LogP contribution is -2.39. The molecule has 24 heavy (non-hydrogen) atoms. The molecular formula is C19H23N5. The Morgan fingerprint density at radius 2 is 2.08 bits per heavy atom. The third-order valence-electron chi connectivity index (χ3n) is 4.45. The van der Waals surface area contributed by atoms with Gasteiger partial charge in [-0.1, -0.05) is 24.3 Å². The first-order valence-electron chi connectivity index (χ1n) is 8.37. The molecule has 0 spiro atoms. The average Bonchev–Trinajstić information content (AvgIpc) is 2.56. The summed E-state index contributed by atoms with van der Waals surface area (Å²) in [5, 5.41) is 12.3. The van der Waals surface area contributed by atoms with Gasteiger partial charge >= 0.3 is 0 Å². The molecule has 0 bridgehead atoms. The second-order valence-corrected chi connectivity index (χ2v) is 6.52. The maximum Gasteiger partial charge on any atom is 0.239 e. The van der Waals surface area contributed by atoms with Crippen LogP contribution < -0.4 is 5.32 Å². The Labute approximate surface area is 143 Å². The standard InChI is InChI=1S/C19H23N5/c1-14-11-18(21-17-5-4-10-24(3)13-17)22-23-19(14)16-8-6-15(7-9-16)12-20-2/h6-9,11,17H,4-5,10,12-13H2,1,3H3,(H,21,22)/t17-/m1/s1. The molecule has 0 saturated carbocycles. The van der Waals surface area contributed by atoms with Gasteiger partial charge < -0.3 is 15.1 Å². The van der Waals surface area contributed by atoms with Gasteiger partial charge in [0.2, 0.25) is 6.54 Å². The van der Waals surface area contributed by atoms with Gasteiger partial charge in [-0.3, -0.25) is 0 Å². The van der Waals surface area contributed by atoms with Crippen LogP contribution in [-0.2, 0) is 6.54 Å². The van der Waals surface area contributed by atoms with Gasteiger partial charge in [0.15, 0.2) is 0 Å². The predicted octanol–water partition coefficient (Wildman–Crippen LogP) is 3.38. The van der Waals surface area contributed by atoms with Crippen molar-refractivity contribution in [3.05, 3.63) is 52.9 Å². The predicted molar refractivity (Wildman–Crippen MR) is 96.7 cm³/mol. The van der Waals surface area contributed by atoms with E-state index < -0.39 is 0 Å². The van der Waals surface area contributed by atoms with Crippen LogP contribution in [0.3, 0.4) is 0 Å². The second kappa shape index (κ2) is 7.41. The molecule has 2 heterocycles. The zero-order valence-corrected chi connectivity index (χ0v) is 14.3. The van der Waals surface area contributed by atoms with Crippen molar-refractivity contribution in [1.29, 1.82) is 0 Å². The highest BCUT2D eigenvalue weighted by Crippen LogP contribution is 2.23. The van der Waals surface area contributed by atoms with E-state index in [-0.39, 0.29) is 0 Å². The Hall–Kier alpha value is -2.45. The fraction of sp³-hybridized carbons (Fsp3) is 0.421. The topological polar surface area (TPSA) is 45.4 Å². The Morgan fingerprint density at radius 3 is 2.75 bits per heavy atom. The molecule has 0 amide bonds. The monoisotopic (exact) mass is 321 g/mol. The maximum atomic E-state index is 6.93. The van der Waals surface area contributed by atoms with E-state index in [9.17, 15) is 0 Å². The minimum Gasteiger partial charge on any atom is -0.365 e. The molecule has 1 fully saturated rings. The third kappa shape index (κ3) is 3.90. The van der Waals surface area contributed by atoms with E-state index in [0.717, 1.165) is 34.7 Å². The van der Waals surface area contributed by atoms with Crippen LogP contribution in [0.1, 0.15) is 24.0 Å². The van der Waals surface area contributed by atoms with E-state index in [4.69, 9.17) is 6.57 Å². The zero-order chi connectivity index (χ0) is 16.9. The second-order valence-electron chi connectivity index (χ2n) is 6.52. The first-order valence-corrected chi connectivity index (χ1v) is 8.37. The lowest BCUT2D eigenvalue weighted by atomic mass is 10.0. The number of piperidine rings is 1. The summed E-state index contributed by atoms with van der Waals surface area (Å²) in [5.74, 6) is 0.848. The van der Waals surface area contributed by atoms with E-state index in [1.54, 1.807) is 0 Å². The Kier molecular flexibility index (Phi) is 5.07. The molecule has 5 heteroatoms. The summed E-state index contributed by atoms with van der Waals surface area (Å²) in [7, 11) is 2.16. The lowest BCUT2D eigenvalue weighted by molar-refractivity contribution is 0.260. The van der Waals surface area contributed by atoms with Crippen molar-refractivity contribution in [1.82, 2.24) is 15.1 Å². The molecule has 2 aromatic rings. The Morgan fingerprint density at radius 1 is 1.29 bits per heavy atom. The molecule has 3 rings (SSSR count). The van der Waals surface area contributed by atoms with Crippen molar-refractivity contribution in [2.45, 2.75) is 32.4 Å². The van der Waals surface area contributed by atoms with Gasteiger partial charge in [0.05, 0.1) is 5.69 Å². The van der Waals surface area contributed by atoms with Crippen LogP contribution in [0.15, 0.2) is 30.3 Å². The number of benzene rings is 1. The van der Waals surface area contributed by atoms with Crippen molar-refractivity contribution >= 4 is 5.82 Å². The molecule has 1 aliphatic rings. The summed E-state index contributed by atoms with van der Waals surface area (Å²) in [6.07, 6.45) is 2.39. The highest BCUT2D eigenvalue weighted by Gasteiger charge is 2.17. The van der Waals surface area contributed by atoms with Gasteiger partial charge in [-0.15, -0.1) is 10.2 Å². The molecule has 0 radical (unpaired) electrons. The van der Waals surface area contributed by atoms with E-state index >= 15 is 0 Å². The van der Waals surface area contributed by atoms with Crippen LogP contribution in [0, 0.1) is 13.5 Å². The van der Waals surface area contributed by atoms with Crippen molar-refractivity contribution in [3.8, 4) is 11.3 Å². The number of likely N-dealkylation sites (N-methyl/N-ethyl adjacent to an activating group) is 1. The molecule has 0 unspecified atom stereocenters. The van der Waals surface area contributed by atoms with Crippen molar-refractivity contribution in [3.63, 3.8) is 0 Å². The number of anilines is 1. The lowest BCUT2D eigenvalue weighted by Gasteiger charge is -2.30. The molecule has 1 atom stereocenters. The fourth-order valence-electron chi connectivity index (χ4n) is 3.19. The molecule has 1 saturated heterocycles. The van der Waals surface area contributed by atoms with Crippen LogP contribution >= 0.6 is 0 Å². The van der Waals surface area contributed by atoms with E-state index in [2.05, 4.69) is 45.3 Å². The zero-order valence-electron chi connectivity index (χ0n) is 14.3. The highest BCUT2D eigenvalue weighted by atomic mass is 15.2. The Balaban J connectivity index is 1.73. The number of likely N-dealkylation sites (tertiary alicyclic amines) is 1. The number of aryl methyl sites for hydroxylation is 1. The minimum absolute atomic E-state index is 0.420. The van der Waals surface area contributed by atoms with Crippen molar-refractivity contribution in [2.75, 3.05) is 25.5 Å². The molecule has 124 valence electrons. The molecule has 0 aliphatic carbocycles. The SMILES string of the molecule is [C-]#[N+]Cc1ccc(-c2nnc(N[C@@H]3CCCN(C)C3)cc2C)cc1. The third-order valence-corrected chi connectivity index (χ3v) is 4.45. The molecule has 1 aliphatic heterocycles. The van der Waals surface area contributed by atoms with Crippen molar-refractivity contribution < 1.29 is 0 Å². The summed E-state index contributed by atoms with van der Waals surface area (Å²) in [5.41, 5.74) is 4.07. The van der Waals surface area contributed by atoms with Gasteiger partial charge in [0, 0.05) is 23.7 Å². The largest absolute Gasteiger partial charge is 0.365 e. The van der Waals surface area contributed by atoms with Crippen LogP contribution in [0.2, 0.25) is 0 Å². The fourth-order valence-corrected chi connectivity index (χ4v) is 3.19. The molecular weight excluding hydrogens is 298 g/mol. The minimum atomic E-state index is 0.420. The number of nitrogens with one attached hydrogen (secondary N) is 1. The van der Waals surface area contributed by atoms with Crippen LogP contribution in [0.25, 0.3) is 16.1 Å². The molecule has 1 aromatic carbocycles. The smallest absolute Gasteiger partial charge is 0.239 e. The summed E-state index contributed by atoms with van der Waals surface area (Å²) in [6, 6.07) is 10.5. The van der Waals surface area contributed by atoms with Crippen molar-refractivity contribution in [2.24, 2.45) is 0 Å². The first kappa shape index (κ1) is 16.4. The maximum absolute atomic E-state index is 6.93. The molecule has 1 N–H and O–H groups in total. The summed E-state index contributed by atoms with van der Waals surface area (Å²) in [6.45, 7) is 11.6. The average molecular weight is 321 g/mol. The van der Waals surface area contributed by atoms with E-state index in [1.165, 1.54) is 19.4 Å². The number of hydrogen-bond acceptors (Lipinski definition) is 4. The number of rotatable bonds is 4. The summed E-state index contributed by atoms with van der Waals surface area (Å²) in [4.78, 5) is 5.76. The number of hydrogen-bond donors (Lipinski definition) is 1. The van der Waals surface area contributed by atoms with Gasteiger partial charge in [0.25, 0.3) is 0 Å². The van der Waals surface area contributed by atoms with Crippen LogP contribution in [0.5, 0.6) is 0 Å². The van der Waals surface area contributed by atoms with Gasteiger partial charge in [-0.25, -0.2) is 6.57 Å². The van der Waals surface area contributed by atoms with Gasteiger partial charge in [0.1, 0.15) is 5.82 Å². The quantitative estimate of drug-likeness (QED) is 0.877. The van der Waals surface area contributed by atoms with E-state index in [0.29, 0.717) is 12.6 Å². The first-order chi connectivity index (χ1) is 11.7. The summed E-state index contributed by atoms with van der Waals surface area (Å²) >= 11 is 0. The van der Waals surface area contributed by atoms with Crippen LogP contribution in [0.4, 0.5) is 5.82 Å². The van der Waals surface area contributed by atoms with Gasteiger partial charge in [-0.05, 0) is 45.0 Å². The Bertz CT molecular complexity index is 732. The number of nitrogens with zero attached hydrogens (tertiary/aromatic N) is 4. The molecule has 1 aromatic heterocycles. The van der Waals surface area contributed by atoms with Gasteiger partial charge in [-0.2, -0.15) is 0 Å². The van der Waals surface area contributed by atoms with E-state index in [1.807, 2.05) is 24.3 Å². The highest BCUT2D eigenvalue weighted by molar-refractivity contribution is 5.64. The van der Waals surface area contributed by atoms with Crippen LogP contribution in [-0.4, -0.2) is 41.3 Å². The normalized spacial score (nSPS) is 18.1. The molecule has 5 nitrogen and oxygen atoms in total. The number of aromatic nitrogens is 2.